The van der Waals surface area contributed by atoms with Crippen molar-refractivity contribution in [2.24, 2.45) is 0 Å². The average molecular weight is 365 g/mol. The van der Waals surface area contributed by atoms with Gasteiger partial charge < -0.3 is 10.2 Å². The molecule has 5 heteroatoms. The fourth-order valence-corrected chi connectivity index (χ4v) is 3.32. The summed E-state index contributed by atoms with van der Waals surface area (Å²) in [5.74, 6) is -1.43. The first-order chi connectivity index (χ1) is 11.7. The highest BCUT2D eigenvalue weighted by atomic mass is 35.5. The van der Waals surface area contributed by atoms with Crippen molar-refractivity contribution in [1.29, 1.82) is 0 Å². The number of phenols is 1. The molecule has 134 valence electrons. The van der Waals surface area contributed by atoms with E-state index in [1.165, 1.54) is 6.07 Å². The number of carboxylic acid groups (broad SMARTS) is 1. The lowest BCUT2D eigenvalue weighted by atomic mass is 9.93. The van der Waals surface area contributed by atoms with Gasteiger partial charge in [0.25, 0.3) is 0 Å². The van der Waals surface area contributed by atoms with E-state index >= 15 is 0 Å². The number of halogens is 2. The molecule has 0 fully saturated rings. The number of benzene rings is 2. The van der Waals surface area contributed by atoms with Crippen molar-refractivity contribution in [3.05, 3.63) is 62.9 Å². The molecule has 25 heavy (non-hydrogen) atoms. The van der Waals surface area contributed by atoms with Crippen LogP contribution in [0.5, 0.6) is 5.75 Å². The number of phenolic OH excluding ortho intramolecular Hbond substituents is 1. The molecular formula is C20H22ClFO3. The summed E-state index contributed by atoms with van der Waals surface area (Å²) in [7, 11) is 0. The molecule has 0 aliphatic rings. The van der Waals surface area contributed by atoms with Gasteiger partial charge in [0, 0.05) is 23.4 Å². The Labute approximate surface area is 152 Å². The highest BCUT2D eigenvalue weighted by Crippen LogP contribution is 2.33. The second-order valence-corrected chi connectivity index (χ2v) is 6.98. The van der Waals surface area contributed by atoms with E-state index in [9.17, 15) is 14.3 Å². The average Bonchev–Trinajstić information content (AvgIpc) is 2.50. The van der Waals surface area contributed by atoms with Crippen molar-refractivity contribution < 1.29 is 19.4 Å². The molecule has 0 radical (unpaired) electrons. The Balaban J connectivity index is 2.35. The van der Waals surface area contributed by atoms with E-state index in [2.05, 4.69) is 0 Å². The Morgan fingerprint density at radius 1 is 1.28 bits per heavy atom. The number of aryl methyl sites for hydroxylation is 2. The molecule has 0 atom stereocenters. The van der Waals surface area contributed by atoms with E-state index in [1.54, 1.807) is 12.1 Å². The summed E-state index contributed by atoms with van der Waals surface area (Å²) < 4.78 is 14.8. The summed E-state index contributed by atoms with van der Waals surface area (Å²) in [5, 5.41) is 19.2. The highest BCUT2D eigenvalue weighted by molar-refractivity contribution is 6.31. The SMILES string of the molecule is Cc1cc(CCC(=O)O)cc(Cl)c1Cc1ccc(O)c(C(C)C)c1F. The van der Waals surface area contributed by atoms with Crippen molar-refractivity contribution in [2.45, 2.75) is 46.0 Å². The van der Waals surface area contributed by atoms with Crippen molar-refractivity contribution in [3.8, 4) is 5.75 Å². The molecule has 0 amide bonds. The van der Waals surface area contributed by atoms with Gasteiger partial charge in [-0.05, 0) is 53.6 Å². The second kappa shape index (κ2) is 7.87. The quantitative estimate of drug-likeness (QED) is 0.738. The molecule has 2 rings (SSSR count). The van der Waals surface area contributed by atoms with Crippen LogP contribution < -0.4 is 0 Å². The molecule has 0 aliphatic heterocycles. The molecule has 0 aliphatic carbocycles. The van der Waals surface area contributed by atoms with Gasteiger partial charge >= 0.3 is 5.97 Å². The normalized spacial score (nSPS) is 11.1. The van der Waals surface area contributed by atoms with Crippen LogP contribution in [0.15, 0.2) is 24.3 Å². The standard InChI is InChI=1S/C20H22ClFO3/c1-11(2)19-17(23)6-5-14(20(19)22)10-15-12(3)8-13(9-16(15)21)4-7-18(24)25/h5-6,8-9,11,23H,4,7,10H2,1-3H3,(H,24,25). The Hall–Kier alpha value is -2.07. The molecule has 2 aromatic carbocycles. The molecule has 0 heterocycles. The molecule has 0 saturated carbocycles. The number of carbonyl (C=O) groups is 1. The van der Waals surface area contributed by atoms with Crippen molar-refractivity contribution in [2.75, 3.05) is 0 Å². The number of hydrogen-bond donors (Lipinski definition) is 2. The van der Waals surface area contributed by atoms with Gasteiger partial charge in [-0.15, -0.1) is 0 Å². The number of aromatic hydroxyl groups is 1. The molecule has 2 N–H and O–H groups in total. The molecule has 0 saturated heterocycles. The van der Waals surface area contributed by atoms with Gasteiger partial charge in [-0.2, -0.15) is 0 Å². The first kappa shape index (κ1) is 19.3. The van der Waals surface area contributed by atoms with Crippen molar-refractivity contribution in [1.82, 2.24) is 0 Å². The molecule has 0 bridgehead atoms. The smallest absolute Gasteiger partial charge is 0.303 e. The fraction of sp³-hybridized carbons (Fsp3) is 0.350. The first-order valence-corrected chi connectivity index (χ1v) is 8.58. The summed E-state index contributed by atoms with van der Waals surface area (Å²) in [4.78, 5) is 10.7. The van der Waals surface area contributed by atoms with Crippen LogP contribution in [0.1, 0.15) is 54.0 Å². The van der Waals surface area contributed by atoms with Gasteiger partial charge in [0.05, 0.1) is 0 Å². The van der Waals surface area contributed by atoms with Crippen LogP contribution in [0.2, 0.25) is 5.02 Å². The van der Waals surface area contributed by atoms with Crippen LogP contribution in [0.3, 0.4) is 0 Å². The molecule has 0 spiro atoms. The minimum Gasteiger partial charge on any atom is -0.508 e. The zero-order chi connectivity index (χ0) is 18.7. The van der Waals surface area contributed by atoms with Gasteiger partial charge in [-0.25, -0.2) is 4.39 Å². The number of aliphatic carboxylic acids is 1. The maximum absolute atomic E-state index is 14.8. The molecule has 0 aromatic heterocycles. The largest absolute Gasteiger partial charge is 0.508 e. The van der Waals surface area contributed by atoms with E-state index in [0.29, 0.717) is 29.0 Å². The van der Waals surface area contributed by atoms with Crippen LogP contribution in [0.4, 0.5) is 4.39 Å². The lowest BCUT2D eigenvalue weighted by Crippen LogP contribution is -2.03. The zero-order valence-electron chi connectivity index (χ0n) is 14.6. The van der Waals surface area contributed by atoms with Gasteiger partial charge in [-0.1, -0.05) is 37.6 Å². The third kappa shape index (κ3) is 4.51. The Kier molecular flexibility index (Phi) is 6.07. The summed E-state index contributed by atoms with van der Waals surface area (Å²) >= 11 is 6.37. The van der Waals surface area contributed by atoms with Crippen LogP contribution in [-0.4, -0.2) is 16.2 Å². The Morgan fingerprint density at radius 3 is 2.52 bits per heavy atom. The summed E-state index contributed by atoms with van der Waals surface area (Å²) in [6, 6.07) is 6.73. The van der Waals surface area contributed by atoms with Gasteiger partial charge in [0.1, 0.15) is 11.6 Å². The number of carboxylic acids is 1. The van der Waals surface area contributed by atoms with Gasteiger partial charge in [-0.3, -0.25) is 4.79 Å². The van der Waals surface area contributed by atoms with E-state index in [1.807, 2.05) is 26.8 Å². The lowest BCUT2D eigenvalue weighted by Gasteiger charge is -2.15. The highest BCUT2D eigenvalue weighted by Gasteiger charge is 2.18. The molecular weight excluding hydrogens is 343 g/mol. The van der Waals surface area contributed by atoms with Crippen LogP contribution >= 0.6 is 11.6 Å². The summed E-state index contributed by atoms with van der Waals surface area (Å²) in [5.41, 5.74) is 3.34. The molecule has 0 unspecified atom stereocenters. The third-order valence-electron chi connectivity index (χ3n) is 4.29. The minimum atomic E-state index is -0.856. The molecule has 2 aromatic rings. The Morgan fingerprint density at radius 2 is 1.96 bits per heavy atom. The summed E-state index contributed by atoms with van der Waals surface area (Å²) in [6.45, 7) is 5.54. The first-order valence-electron chi connectivity index (χ1n) is 8.20. The third-order valence-corrected chi connectivity index (χ3v) is 4.62. The minimum absolute atomic E-state index is 0.0388. The van der Waals surface area contributed by atoms with Crippen LogP contribution in [0.25, 0.3) is 0 Å². The lowest BCUT2D eigenvalue weighted by molar-refractivity contribution is -0.136. The Bertz CT molecular complexity index is 777. The van der Waals surface area contributed by atoms with Crippen LogP contribution in [0, 0.1) is 12.7 Å². The predicted octanol–water partition coefficient (Wildman–Crippen LogP) is 5.22. The van der Waals surface area contributed by atoms with E-state index in [4.69, 9.17) is 16.7 Å². The monoisotopic (exact) mass is 364 g/mol. The maximum Gasteiger partial charge on any atom is 0.303 e. The number of hydrogen-bond acceptors (Lipinski definition) is 2. The van der Waals surface area contributed by atoms with E-state index < -0.39 is 11.8 Å². The van der Waals surface area contributed by atoms with Gasteiger partial charge in [0.2, 0.25) is 0 Å². The van der Waals surface area contributed by atoms with E-state index in [-0.39, 0.29) is 18.1 Å². The number of rotatable bonds is 6. The molecule has 3 nitrogen and oxygen atoms in total. The van der Waals surface area contributed by atoms with Crippen molar-refractivity contribution in [3.63, 3.8) is 0 Å². The second-order valence-electron chi connectivity index (χ2n) is 6.57. The zero-order valence-corrected chi connectivity index (χ0v) is 15.3. The fourth-order valence-electron chi connectivity index (χ4n) is 2.97. The topological polar surface area (TPSA) is 57.5 Å². The summed E-state index contributed by atoms with van der Waals surface area (Å²) in [6.07, 6.45) is 0.760. The maximum atomic E-state index is 14.8. The van der Waals surface area contributed by atoms with E-state index in [0.717, 1.165) is 16.7 Å². The van der Waals surface area contributed by atoms with Gasteiger partial charge in [0.15, 0.2) is 0 Å². The van der Waals surface area contributed by atoms with Crippen LogP contribution in [-0.2, 0) is 17.6 Å². The van der Waals surface area contributed by atoms with Crippen molar-refractivity contribution >= 4 is 17.6 Å². The predicted molar refractivity (Wildman–Crippen MR) is 97.1 cm³/mol.